The average molecular weight is 256 g/mol. The van der Waals surface area contributed by atoms with Gasteiger partial charge in [-0.15, -0.1) is 0 Å². The average Bonchev–Trinajstić information content (AvgIpc) is 2.39. The lowest BCUT2D eigenvalue weighted by molar-refractivity contribution is 0.102. The maximum absolute atomic E-state index is 12.2. The summed E-state index contributed by atoms with van der Waals surface area (Å²) in [7, 11) is 3.84. The molecule has 0 aliphatic carbocycles. The molecule has 1 amide bonds. The largest absolute Gasteiger partial charge is 0.398 e. The minimum Gasteiger partial charge on any atom is -0.398 e. The minimum atomic E-state index is -0.264. The van der Waals surface area contributed by atoms with Crippen molar-refractivity contribution in [2.24, 2.45) is 0 Å². The Balaban J connectivity index is 2.27. The Hall–Kier alpha value is -2.56. The van der Waals surface area contributed by atoms with Crippen LogP contribution in [-0.4, -0.2) is 25.0 Å². The Morgan fingerprint density at radius 3 is 2.68 bits per heavy atom. The van der Waals surface area contributed by atoms with E-state index in [1.807, 2.05) is 43.3 Å². The van der Waals surface area contributed by atoms with Crippen LogP contribution in [0.5, 0.6) is 0 Å². The quantitative estimate of drug-likeness (QED) is 0.881. The van der Waals surface area contributed by atoms with Crippen molar-refractivity contribution >= 4 is 23.0 Å². The first-order valence-corrected chi connectivity index (χ1v) is 5.87. The Kier molecular flexibility index (Phi) is 3.66. The molecule has 5 heteroatoms. The SMILES string of the molecule is CN(C)c1ccccc1NC(=O)c1cnccc1N. The predicted molar refractivity (Wildman–Crippen MR) is 77.4 cm³/mol. The zero-order valence-electron chi connectivity index (χ0n) is 10.9. The van der Waals surface area contributed by atoms with Crippen LogP contribution in [0.15, 0.2) is 42.7 Å². The van der Waals surface area contributed by atoms with Gasteiger partial charge in [-0.05, 0) is 18.2 Å². The number of nitrogens with zero attached hydrogens (tertiary/aromatic N) is 2. The van der Waals surface area contributed by atoms with Gasteiger partial charge < -0.3 is 16.0 Å². The summed E-state index contributed by atoms with van der Waals surface area (Å²) in [6.07, 6.45) is 3.02. The van der Waals surface area contributed by atoms with Crippen LogP contribution in [0.1, 0.15) is 10.4 Å². The van der Waals surface area contributed by atoms with E-state index in [4.69, 9.17) is 5.73 Å². The zero-order chi connectivity index (χ0) is 13.8. The number of para-hydroxylation sites is 2. The van der Waals surface area contributed by atoms with E-state index in [0.29, 0.717) is 11.3 Å². The summed E-state index contributed by atoms with van der Waals surface area (Å²) in [5.74, 6) is -0.264. The Bertz CT molecular complexity index is 596. The number of benzene rings is 1. The van der Waals surface area contributed by atoms with E-state index in [-0.39, 0.29) is 5.91 Å². The summed E-state index contributed by atoms with van der Waals surface area (Å²) in [5.41, 5.74) is 8.21. The molecule has 19 heavy (non-hydrogen) atoms. The molecule has 0 saturated carbocycles. The molecule has 0 radical (unpaired) electrons. The van der Waals surface area contributed by atoms with Crippen molar-refractivity contribution in [3.8, 4) is 0 Å². The Labute approximate surface area is 112 Å². The molecule has 2 rings (SSSR count). The number of nitrogen functional groups attached to an aromatic ring is 1. The highest BCUT2D eigenvalue weighted by atomic mass is 16.1. The molecule has 0 aliphatic heterocycles. The number of pyridine rings is 1. The smallest absolute Gasteiger partial charge is 0.259 e. The molecule has 0 unspecified atom stereocenters. The van der Waals surface area contributed by atoms with Crippen LogP contribution in [-0.2, 0) is 0 Å². The maximum atomic E-state index is 12.2. The standard InChI is InChI=1S/C14H16N4O/c1-18(2)13-6-4-3-5-12(13)17-14(19)10-9-16-8-7-11(10)15/h3-9H,1-2H3,(H2,15,16)(H,17,19). The summed E-state index contributed by atoms with van der Waals surface area (Å²) < 4.78 is 0. The predicted octanol–water partition coefficient (Wildman–Crippen LogP) is 1.98. The van der Waals surface area contributed by atoms with Crippen LogP contribution < -0.4 is 16.0 Å². The monoisotopic (exact) mass is 256 g/mol. The molecule has 98 valence electrons. The number of nitrogens with two attached hydrogens (primary N) is 1. The molecule has 0 aliphatic rings. The molecule has 2 aromatic rings. The number of carbonyl (C=O) groups excluding carboxylic acids is 1. The molecule has 1 aromatic carbocycles. The van der Waals surface area contributed by atoms with Gasteiger partial charge in [-0.1, -0.05) is 12.1 Å². The van der Waals surface area contributed by atoms with E-state index in [1.54, 1.807) is 12.3 Å². The van der Waals surface area contributed by atoms with Crippen molar-refractivity contribution in [2.45, 2.75) is 0 Å². The lowest BCUT2D eigenvalue weighted by Crippen LogP contribution is -2.17. The molecule has 3 N–H and O–H groups in total. The van der Waals surface area contributed by atoms with Gasteiger partial charge >= 0.3 is 0 Å². The molecule has 0 saturated heterocycles. The summed E-state index contributed by atoms with van der Waals surface area (Å²) in [6, 6.07) is 9.17. The van der Waals surface area contributed by atoms with E-state index in [9.17, 15) is 4.79 Å². The number of hydrogen-bond donors (Lipinski definition) is 2. The summed E-state index contributed by atoms with van der Waals surface area (Å²) in [4.78, 5) is 18.0. The molecular weight excluding hydrogens is 240 g/mol. The normalized spacial score (nSPS) is 10.0. The molecule has 5 nitrogen and oxygen atoms in total. The van der Waals surface area contributed by atoms with Crippen LogP contribution in [0.4, 0.5) is 17.1 Å². The molecule has 0 bridgehead atoms. The van der Waals surface area contributed by atoms with Crippen LogP contribution in [0.3, 0.4) is 0 Å². The second kappa shape index (κ2) is 5.39. The van der Waals surface area contributed by atoms with E-state index >= 15 is 0 Å². The summed E-state index contributed by atoms with van der Waals surface area (Å²) in [6.45, 7) is 0. The molecule has 0 spiro atoms. The van der Waals surface area contributed by atoms with Crippen molar-refractivity contribution in [2.75, 3.05) is 30.0 Å². The molecule has 1 aromatic heterocycles. The van der Waals surface area contributed by atoms with E-state index in [1.165, 1.54) is 6.20 Å². The van der Waals surface area contributed by atoms with Crippen LogP contribution >= 0.6 is 0 Å². The number of nitrogens with one attached hydrogen (secondary N) is 1. The number of hydrogen-bond acceptors (Lipinski definition) is 4. The zero-order valence-corrected chi connectivity index (χ0v) is 10.9. The fraction of sp³-hybridized carbons (Fsp3) is 0.143. The van der Waals surface area contributed by atoms with Gasteiger partial charge in [0.05, 0.1) is 16.9 Å². The molecular formula is C14H16N4O. The van der Waals surface area contributed by atoms with Gasteiger partial charge in [-0.25, -0.2) is 0 Å². The number of carbonyl (C=O) groups is 1. The van der Waals surface area contributed by atoms with Crippen LogP contribution in [0, 0.1) is 0 Å². The highest BCUT2D eigenvalue weighted by Gasteiger charge is 2.12. The number of anilines is 3. The number of amides is 1. The van der Waals surface area contributed by atoms with Crippen molar-refractivity contribution < 1.29 is 4.79 Å². The summed E-state index contributed by atoms with van der Waals surface area (Å²) in [5, 5.41) is 2.85. The third-order valence-electron chi connectivity index (χ3n) is 2.73. The highest BCUT2D eigenvalue weighted by molar-refractivity contribution is 6.08. The third kappa shape index (κ3) is 2.82. The van der Waals surface area contributed by atoms with Gasteiger partial charge in [0, 0.05) is 32.2 Å². The van der Waals surface area contributed by atoms with Gasteiger partial charge in [-0.2, -0.15) is 0 Å². The fourth-order valence-corrected chi connectivity index (χ4v) is 1.75. The number of aromatic nitrogens is 1. The summed E-state index contributed by atoms with van der Waals surface area (Å²) >= 11 is 0. The lowest BCUT2D eigenvalue weighted by Gasteiger charge is -2.17. The van der Waals surface area contributed by atoms with Crippen molar-refractivity contribution in [3.05, 3.63) is 48.3 Å². The van der Waals surface area contributed by atoms with Gasteiger partial charge in [0.2, 0.25) is 0 Å². The van der Waals surface area contributed by atoms with Crippen molar-refractivity contribution in [1.82, 2.24) is 4.98 Å². The second-order valence-corrected chi connectivity index (χ2v) is 4.33. The fourth-order valence-electron chi connectivity index (χ4n) is 1.75. The molecule has 1 heterocycles. The highest BCUT2D eigenvalue weighted by Crippen LogP contribution is 2.24. The Morgan fingerprint density at radius 2 is 2.00 bits per heavy atom. The first-order chi connectivity index (χ1) is 9.09. The Morgan fingerprint density at radius 1 is 1.26 bits per heavy atom. The van der Waals surface area contributed by atoms with E-state index in [2.05, 4.69) is 10.3 Å². The molecule has 0 fully saturated rings. The second-order valence-electron chi connectivity index (χ2n) is 4.33. The minimum absolute atomic E-state index is 0.264. The topological polar surface area (TPSA) is 71.2 Å². The van der Waals surface area contributed by atoms with Crippen molar-refractivity contribution in [3.63, 3.8) is 0 Å². The van der Waals surface area contributed by atoms with Crippen LogP contribution in [0.2, 0.25) is 0 Å². The number of rotatable bonds is 3. The molecule has 0 atom stereocenters. The first kappa shape index (κ1) is 12.9. The lowest BCUT2D eigenvalue weighted by atomic mass is 10.2. The van der Waals surface area contributed by atoms with E-state index < -0.39 is 0 Å². The van der Waals surface area contributed by atoms with Crippen molar-refractivity contribution in [1.29, 1.82) is 0 Å². The van der Waals surface area contributed by atoms with Gasteiger partial charge in [0.15, 0.2) is 0 Å². The van der Waals surface area contributed by atoms with Crippen LogP contribution in [0.25, 0.3) is 0 Å². The third-order valence-corrected chi connectivity index (χ3v) is 2.73. The van der Waals surface area contributed by atoms with Gasteiger partial charge in [0.1, 0.15) is 0 Å². The maximum Gasteiger partial charge on any atom is 0.259 e. The van der Waals surface area contributed by atoms with Gasteiger partial charge in [-0.3, -0.25) is 9.78 Å². The van der Waals surface area contributed by atoms with E-state index in [0.717, 1.165) is 11.4 Å². The first-order valence-electron chi connectivity index (χ1n) is 5.87. The van der Waals surface area contributed by atoms with Gasteiger partial charge in [0.25, 0.3) is 5.91 Å².